The molecule has 1 atom stereocenters. The summed E-state index contributed by atoms with van der Waals surface area (Å²) in [5, 5.41) is 10.7. The van der Waals surface area contributed by atoms with Gasteiger partial charge in [0, 0.05) is 31.0 Å². The SMILES string of the molecule is Cc1cccc(Cn2cc(CNc3nc(C)c4c(n3)N(C)[C@@H](C(C)C)C(=O)N4)cn2)n1. The Morgan fingerprint density at radius 1 is 1.19 bits per heavy atom. The van der Waals surface area contributed by atoms with Crippen LogP contribution in [-0.2, 0) is 17.9 Å². The van der Waals surface area contributed by atoms with E-state index in [0.29, 0.717) is 24.7 Å². The molecule has 0 fully saturated rings. The van der Waals surface area contributed by atoms with E-state index in [2.05, 4.69) is 30.7 Å². The molecule has 0 radical (unpaired) electrons. The number of carbonyl (C=O) groups is 1. The van der Waals surface area contributed by atoms with E-state index in [1.165, 1.54) is 0 Å². The van der Waals surface area contributed by atoms with Gasteiger partial charge in [-0.3, -0.25) is 14.5 Å². The van der Waals surface area contributed by atoms with Crippen LogP contribution in [0.3, 0.4) is 0 Å². The molecule has 31 heavy (non-hydrogen) atoms. The summed E-state index contributed by atoms with van der Waals surface area (Å²) < 4.78 is 1.87. The minimum atomic E-state index is -0.261. The molecule has 1 amide bonds. The topological polar surface area (TPSA) is 101 Å². The fourth-order valence-electron chi connectivity index (χ4n) is 3.91. The first kappa shape index (κ1) is 20.8. The molecule has 9 heteroatoms. The van der Waals surface area contributed by atoms with Gasteiger partial charge in [0.25, 0.3) is 0 Å². The number of aromatic nitrogens is 5. The number of fused-ring (bicyclic) bond motifs is 1. The zero-order valence-corrected chi connectivity index (χ0v) is 18.5. The third kappa shape index (κ3) is 4.35. The maximum Gasteiger partial charge on any atom is 0.247 e. The molecule has 9 nitrogen and oxygen atoms in total. The van der Waals surface area contributed by atoms with Crippen molar-refractivity contribution >= 4 is 23.4 Å². The Bertz CT molecular complexity index is 1110. The Labute approximate surface area is 181 Å². The van der Waals surface area contributed by atoms with E-state index in [-0.39, 0.29) is 17.9 Å². The second kappa shape index (κ2) is 8.33. The molecule has 0 bridgehead atoms. The van der Waals surface area contributed by atoms with Gasteiger partial charge in [0.1, 0.15) is 11.7 Å². The van der Waals surface area contributed by atoms with Crippen molar-refractivity contribution in [2.45, 2.75) is 46.8 Å². The first-order chi connectivity index (χ1) is 14.8. The van der Waals surface area contributed by atoms with E-state index >= 15 is 0 Å². The molecule has 4 rings (SSSR count). The molecule has 2 N–H and O–H groups in total. The second-order valence-electron chi connectivity index (χ2n) is 8.29. The molecular weight excluding hydrogens is 392 g/mol. The van der Waals surface area contributed by atoms with Crippen LogP contribution in [0.5, 0.6) is 0 Å². The van der Waals surface area contributed by atoms with Crippen LogP contribution in [0, 0.1) is 19.8 Å². The van der Waals surface area contributed by atoms with Gasteiger partial charge < -0.3 is 15.5 Å². The minimum Gasteiger partial charge on any atom is -0.350 e. The summed E-state index contributed by atoms with van der Waals surface area (Å²) in [4.78, 5) is 28.1. The smallest absolute Gasteiger partial charge is 0.247 e. The van der Waals surface area contributed by atoms with Gasteiger partial charge in [-0.15, -0.1) is 0 Å². The Balaban J connectivity index is 1.47. The van der Waals surface area contributed by atoms with Crippen LogP contribution in [0.15, 0.2) is 30.6 Å². The molecule has 162 valence electrons. The maximum absolute atomic E-state index is 12.5. The molecule has 1 aliphatic rings. The zero-order valence-electron chi connectivity index (χ0n) is 18.5. The first-order valence-electron chi connectivity index (χ1n) is 10.4. The van der Waals surface area contributed by atoms with Gasteiger partial charge in [0.15, 0.2) is 5.82 Å². The number of carbonyl (C=O) groups excluding carboxylic acids is 1. The summed E-state index contributed by atoms with van der Waals surface area (Å²) in [6.45, 7) is 9.09. The highest BCUT2D eigenvalue weighted by Gasteiger charge is 2.35. The molecular formula is C22H28N8O. The summed E-state index contributed by atoms with van der Waals surface area (Å²) in [6, 6.07) is 5.72. The van der Waals surface area contributed by atoms with Gasteiger partial charge in [-0.05, 0) is 31.9 Å². The van der Waals surface area contributed by atoms with E-state index in [1.54, 1.807) is 0 Å². The van der Waals surface area contributed by atoms with E-state index in [4.69, 9.17) is 0 Å². The highest BCUT2D eigenvalue weighted by Crippen LogP contribution is 2.34. The molecule has 0 saturated heterocycles. The lowest BCUT2D eigenvalue weighted by Crippen LogP contribution is -2.49. The molecule has 1 aliphatic heterocycles. The summed E-state index contributed by atoms with van der Waals surface area (Å²) >= 11 is 0. The number of amides is 1. The lowest BCUT2D eigenvalue weighted by atomic mass is 9.99. The van der Waals surface area contributed by atoms with Gasteiger partial charge in [0.2, 0.25) is 11.9 Å². The second-order valence-corrected chi connectivity index (χ2v) is 8.29. The van der Waals surface area contributed by atoms with E-state index in [1.807, 2.05) is 74.9 Å². The fraction of sp³-hybridized carbons (Fsp3) is 0.409. The van der Waals surface area contributed by atoms with Crippen molar-refractivity contribution in [3.05, 3.63) is 53.2 Å². The third-order valence-corrected chi connectivity index (χ3v) is 5.38. The van der Waals surface area contributed by atoms with Crippen molar-refractivity contribution < 1.29 is 4.79 Å². The van der Waals surface area contributed by atoms with Crippen molar-refractivity contribution in [3.63, 3.8) is 0 Å². The normalized spacial score (nSPS) is 15.7. The van der Waals surface area contributed by atoms with Gasteiger partial charge in [0.05, 0.1) is 24.1 Å². The van der Waals surface area contributed by atoms with Crippen LogP contribution >= 0.6 is 0 Å². The largest absolute Gasteiger partial charge is 0.350 e. The van der Waals surface area contributed by atoms with Crippen LogP contribution in [0.4, 0.5) is 17.5 Å². The number of nitrogens with zero attached hydrogens (tertiary/aromatic N) is 6. The summed E-state index contributed by atoms with van der Waals surface area (Å²) in [7, 11) is 1.90. The maximum atomic E-state index is 12.5. The number of rotatable bonds is 6. The van der Waals surface area contributed by atoms with Gasteiger partial charge >= 0.3 is 0 Å². The Morgan fingerprint density at radius 3 is 2.74 bits per heavy atom. The fourth-order valence-corrected chi connectivity index (χ4v) is 3.91. The molecule has 0 unspecified atom stereocenters. The number of likely N-dealkylation sites (N-methyl/N-ethyl adjacent to an activating group) is 1. The molecule has 3 aromatic rings. The summed E-state index contributed by atoms with van der Waals surface area (Å²) in [5.74, 6) is 1.40. The molecule has 0 aromatic carbocycles. The predicted molar refractivity (Wildman–Crippen MR) is 120 cm³/mol. The van der Waals surface area contributed by atoms with Crippen LogP contribution in [0.2, 0.25) is 0 Å². The van der Waals surface area contributed by atoms with Gasteiger partial charge in [-0.2, -0.15) is 10.1 Å². The van der Waals surface area contributed by atoms with Gasteiger partial charge in [-0.1, -0.05) is 19.9 Å². The summed E-state index contributed by atoms with van der Waals surface area (Å²) in [5.41, 5.74) is 4.39. The van der Waals surface area contributed by atoms with Crippen LogP contribution in [0.25, 0.3) is 0 Å². The Morgan fingerprint density at radius 2 is 2.00 bits per heavy atom. The van der Waals surface area contributed by atoms with Crippen LogP contribution < -0.4 is 15.5 Å². The van der Waals surface area contributed by atoms with Crippen LogP contribution in [0.1, 0.15) is 36.5 Å². The molecule has 0 aliphatic carbocycles. The third-order valence-electron chi connectivity index (χ3n) is 5.38. The van der Waals surface area contributed by atoms with Crippen LogP contribution in [-0.4, -0.2) is 43.7 Å². The lowest BCUT2D eigenvalue weighted by molar-refractivity contribution is -0.118. The lowest BCUT2D eigenvalue weighted by Gasteiger charge is -2.36. The first-order valence-corrected chi connectivity index (χ1v) is 10.4. The van der Waals surface area contributed by atoms with E-state index < -0.39 is 0 Å². The molecule has 0 saturated carbocycles. The highest BCUT2D eigenvalue weighted by molar-refractivity contribution is 6.03. The summed E-state index contributed by atoms with van der Waals surface area (Å²) in [6.07, 6.45) is 3.82. The van der Waals surface area contributed by atoms with E-state index in [0.717, 1.165) is 28.5 Å². The number of hydrogen-bond donors (Lipinski definition) is 2. The Kier molecular flexibility index (Phi) is 5.58. The molecule has 3 aromatic heterocycles. The quantitative estimate of drug-likeness (QED) is 0.632. The number of anilines is 3. The van der Waals surface area contributed by atoms with E-state index in [9.17, 15) is 4.79 Å². The molecule has 4 heterocycles. The number of hydrogen-bond acceptors (Lipinski definition) is 7. The predicted octanol–water partition coefficient (Wildman–Crippen LogP) is 2.76. The standard InChI is InChI=1S/C22H28N8O/c1-13(2)19-21(31)27-18-15(4)26-22(28-20(18)29(19)5)23-9-16-10-24-30(11-16)12-17-8-6-7-14(3)25-17/h6-8,10-11,13,19H,9,12H2,1-5H3,(H,27,31)(H,23,26,28)/t19-/m0/s1. The van der Waals surface area contributed by atoms with Crippen molar-refractivity contribution in [1.29, 1.82) is 0 Å². The highest BCUT2D eigenvalue weighted by atomic mass is 16.2. The van der Waals surface area contributed by atoms with Crippen molar-refractivity contribution in [2.75, 3.05) is 22.6 Å². The minimum absolute atomic E-state index is 0.0204. The number of pyridine rings is 1. The van der Waals surface area contributed by atoms with Crippen molar-refractivity contribution in [3.8, 4) is 0 Å². The average Bonchev–Trinajstić information content (AvgIpc) is 3.14. The zero-order chi connectivity index (χ0) is 22.1. The van der Waals surface area contributed by atoms with Crippen molar-refractivity contribution in [1.82, 2.24) is 24.7 Å². The van der Waals surface area contributed by atoms with Crippen molar-refractivity contribution in [2.24, 2.45) is 5.92 Å². The average molecular weight is 421 g/mol. The Hall–Kier alpha value is -3.49. The number of aryl methyl sites for hydroxylation is 2. The monoisotopic (exact) mass is 420 g/mol. The molecule has 0 spiro atoms. The van der Waals surface area contributed by atoms with Gasteiger partial charge in [-0.25, -0.2) is 4.98 Å². The number of nitrogens with one attached hydrogen (secondary N) is 2.